The number of rotatable bonds is 5. The minimum atomic E-state index is -0.936. The van der Waals surface area contributed by atoms with E-state index >= 15 is 0 Å². The van der Waals surface area contributed by atoms with Crippen LogP contribution in [-0.4, -0.2) is 23.7 Å². The van der Waals surface area contributed by atoms with Gasteiger partial charge in [0.2, 0.25) is 0 Å². The van der Waals surface area contributed by atoms with Crippen molar-refractivity contribution in [2.45, 2.75) is 18.9 Å². The molecule has 0 fully saturated rings. The smallest absolute Gasteiger partial charge is 0.303 e. The summed E-state index contributed by atoms with van der Waals surface area (Å²) in [6.45, 7) is 0.0673. The minimum absolute atomic E-state index is 0.0589. The number of nitrogens with zero attached hydrogens (tertiary/aromatic N) is 2. The van der Waals surface area contributed by atoms with Gasteiger partial charge in [0, 0.05) is 6.42 Å². The van der Waals surface area contributed by atoms with E-state index in [1.54, 1.807) is 0 Å². The normalized spacial score (nSPS) is 11.2. The third kappa shape index (κ3) is 5.21. The second-order valence-corrected chi connectivity index (χ2v) is 2.15. The van der Waals surface area contributed by atoms with Gasteiger partial charge in [-0.05, 0) is 6.42 Å². The fraction of sp³-hybridized carbons (Fsp3) is 0.571. The number of nitrogens with one attached hydrogen (secondary N) is 1. The van der Waals surface area contributed by atoms with Gasteiger partial charge in [-0.15, -0.1) is 0 Å². The van der Waals surface area contributed by atoms with Crippen LogP contribution in [0.3, 0.4) is 0 Å². The van der Waals surface area contributed by atoms with Crippen molar-refractivity contribution in [1.29, 1.82) is 10.5 Å². The summed E-state index contributed by atoms with van der Waals surface area (Å²) in [4.78, 5) is 10.1. The van der Waals surface area contributed by atoms with Crippen molar-refractivity contribution in [2.75, 3.05) is 6.54 Å². The van der Waals surface area contributed by atoms with Gasteiger partial charge in [0.25, 0.3) is 0 Å². The first-order chi connectivity index (χ1) is 5.70. The van der Waals surface area contributed by atoms with Crippen LogP contribution in [0.5, 0.6) is 0 Å². The summed E-state index contributed by atoms with van der Waals surface area (Å²) in [5.74, 6) is -0.936. The minimum Gasteiger partial charge on any atom is -0.481 e. The van der Waals surface area contributed by atoms with E-state index in [-0.39, 0.29) is 19.4 Å². The molecule has 0 heterocycles. The third-order valence-corrected chi connectivity index (χ3v) is 1.23. The maximum atomic E-state index is 10.1. The van der Waals surface area contributed by atoms with Gasteiger partial charge in [-0.1, -0.05) is 0 Å². The molecule has 0 aliphatic heterocycles. The molecule has 0 aromatic rings. The van der Waals surface area contributed by atoms with Crippen LogP contribution in [0.1, 0.15) is 12.8 Å². The largest absolute Gasteiger partial charge is 0.481 e. The SMILES string of the molecule is N#CCNC(C#N)CCC(=O)O. The Morgan fingerprint density at radius 1 is 1.58 bits per heavy atom. The molecular weight excluding hydrogens is 158 g/mol. The zero-order valence-electron chi connectivity index (χ0n) is 6.45. The van der Waals surface area contributed by atoms with Crippen LogP contribution in [0.2, 0.25) is 0 Å². The van der Waals surface area contributed by atoms with E-state index in [1.807, 2.05) is 12.1 Å². The van der Waals surface area contributed by atoms with Gasteiger partial charge in [-0.3, -0.25) is 10.1 Å². The molecule has 0 saturated carbocycles. The average Bonchev–Trinajstić information content (AvgIpc) is 2.05. The van der Waals surface area contributed by atoms with E-state index < -0.39 is 12.0 Å². The standard InChI is InChI=1S/C7H9N3O2/c8-3-4-10-6(5-9)1-2-7(11)12/h6,10H,1-2,4H2,(H,11,12). The number of hydrogen-bond acceptors (Lipinski definition) is 4. The fourth-order valence-electron chi connectivity index (χ4n) is 0.649. The predicted molar refractivity (Wildman–Crippen MR) is 39.9 cm³/mol. The molecule has 2 N–H and O–H groups in total. The van der Waals surface area contributed by atoms with Crippen LogP contribution >= 0.6 is 0 Å². The Kier molecular flexibility index (Phi) is 5.33. The summed E-state index contributed by atoms with van der Waals surface area (Å²) in [6, 6.07) is 3.14. The van der Waals surface area contributed by atoms with E-state index in [1.165, 1.54) is 0 Å². The molecule has 0 aromatic heterocycles. The van der Waals surface area contributed by atoms with Crippen LogP contribution in [-0.2, 0) is 4.79 Å². The molecule has 5 heteroatoms. The Morgan fingerprint density at radius 3 is 2.67 bits per heavy atom. The lowest BCUT2D eigenvalue weighted by atomic mass is 10.2. The molecule has 0 bridgehead atoms. The molecule has 0 spiro atoms. The Hall–Kier alpha value is -1.59. The highest BCUT2D eigenvalue weighted by molar-refractivity contribution is 5.66. The average molecular weight is 167 g/mol. The van der Waals surface area contributed by atoms with Crippen molar-refractivity contribution < 1.29 is 9.90 Å². The summed E-state index contributed by atoms with van der Waals surface area (Å²) >= 11 is 0. The van der Waals surface area contributed by atoms with Crippen LogP contribution in [0.25, 0.3) is 0 Å². The van der Waals surface area contributed by atoms with Gasteiger partial charge in [-0.2, -0.15) is 10.5 Å². The Balaban J connectivity index is 3.64. The van der Waals surface area contributed by atoms with E-state index in [0.717, 1.165) is 0 Å². The summed E-state index contributed by atoms with van der Waals surface area (Å²) < 4.78 is 0. The van der Waals surface area contributed by atoms with E-state index in [0.29, 0.717) is 0 Å². The van der Waals surface area contributed by atoms with Gasteiger partial charge in [-0.25, -0.2) is 0 Å². The van der Waals surface area contributed by atoms with Gasteiger partial charge >= 0.3 is 5.97 Å². The second kappa shape index (κ2) is 6.14. The van der Waals surface area contributed by atoms with Gasteiger partial charge in [0.15, 0.2) is 0 Å². The first-order valence-corrected chi connectivity index (χ1v) is 3.42. The first-order valence-electron chi connectivity index (χ1n) is 3.42. The van der Waals surface area contributed by atoms with E-state index in [9.17, 15) is 4.79 Å². The highest BCUT2D eigenvalue weighted by Crippen LogP contribution is 1.95. The van der Waals surface area contributed by atoms with Crippen LogP contribution in [0, 0.1) is 22.7 Å². The Labute approximate surface area is 70.2 Å². The Bertz CT molecular complexity index is 226. The van der Waals surface area contributed by atoms with Gasteiger partial charge in [0.05, 0.1) is 24.7 Å². The molecule has 0 saturated heterocycles. The molecule has 1 atom stereocenters. The summed E-state index contributed by atoms with van der Waals surface area (Å²) in [6.07, 6.45) is 0.171. The predicted octanol–water partition coefficient (Wildman–Crippen LogP) is -0.143. The van der Waals surface area contributed by atoms with Crippen LogP contribution in [0.15, 0.2) is 0 Å². The van der Waals surface area contributed by atoms with Crippen molar-refractivity contribution in [2.24, 2.45) is 0 Å². The zero-order valence-corrected chi connectivity index (χ0v) is 6.45. The lowest BCUT2D eigenvalue weighted by Gasteiger charge is -2.05. The lowest BCUT2D eigenvalue weighted by Crippen LogP contribution is -2.28. The molecule has 0 aliphatic carbocycles. The van der Waals surface area contributed by atoms with Crippen molar-refractivity contribution in [3.8, 4) is 12.1 Å². The monoisotopic (exact) mass is 167 g/mol. The van der Waals surface area contributed by atoms with E-state index in [2.05, 4.69) is 5.32 Å². The first kappa shape index (κ1) is 10.4. The van der Waals surface area contributed by atoms with Crippen LogP contribution in [0.4, 0.5) is 0 Å². The maximum absolute atomic E-state index is 10.1. The summed E-state index contributed by atoms with van der Waals surface area (Å²) in [5, 5.41) is 27.5. The van der Waals surface area contributed by atoms with Crippen molar-refractivity contribution >= 4 is 5.97 Å². The Morgan fingerprint density at radius 2 is 2.25 bits per heavy atom. The molecular formula is C7H9N3O2. The number of carbonyl (C=O) groups is 1. The highest BCUT2D eigenvalue weighted by atomic mass is 16.4. The van der Waals surface area contributed by atoms with Gasteiger partial charge in [0.1, 0.15) is 0 Å². The number of carboxylic acid groups (broad SMARTS) is 1. The summed E-state index contributed by atoms with van der Waals surface area (Å²) in [5.41, 5.74) is 0. The van der Waals surface area contributed by atoms with Crippen molar-refractivity contribution in [3.63, 3.8) is 0 Å². The van der Waals surface area contributed by atoms with Gasteiger partial charge < -0.3 is 5.11 Å². The van der Waals surface area contributed by atoms with Crippen molar-refractivity contribution in [3.05, 3.63) is 0 Å². The summed E-state index contributed by atoms with van der Waals surface area (Å²) in [7, 11) is 0. The topological polar surface area (TPSA) is 96.9 Å². The molecule has 0 rings (SSSR count). The lowest BCUT2D eigenvalue weighted by molar-refractivity contribution is -0.137. The molecule has 1 unspecified atom stereocenters. The third-order valence-electron chi connectivity index (χ3n) is 1.23. The number of carboxylic acids is 1. The molecule has 0 radical (unpaired) electrons. The zero-order chi connectivity index (χ0) is 9.40. The molecule has 0 aliphatic rings. The van der Waals surface area contributed by atoms with Crippen LogP contribution < -0.4 is 5.32 Å². The second-order valence-electron chi connectivity index (χ2n) is 2.15. The quantitative estimate of drug-likeness (QED) is 0.555. The molecule has 5 nitrogen and oxygen atoms in total. The molecule has 12 heavy (non-hydrogen) atoms. The number of nitriles is 2. The molecule has 0 aromatic carbocycles. The van der Waals surface area contributed by atoms with Crippen molar-refractivity contribution in [1.82, 2.24) is 5.32 Å². The van der Waals surface area contributed by atoms with E-state index in [4.69, 9.17) is 15.6 Å². The fourth-order valence-corrected chi connectivity index (χ4v) is 0.649. The molecule has 64 valence electrons. The molecule has 0 amide bonds. The maximum Gasteiger partial charge on any atom is 0.303 e. The highest BCUT2D eigenvalue weighted by Gasteiger charge is 2.07. The number of hydrogen-bond donors (Lipinski definition) is 2. The number of aliphatic carboxylic acids is 1.